The number of carboxylic acids is 1. The molecule has 0 radical (unpaired) electrons. The van der Waals surface area contributed by atoms with Crippen LogP contribution in [0.5, 0.6) is 0 Å². The van der Waals surface area contributed by atoms with Gasteiger partial charge in [-0.05, 0) is 37.6 Å². The van der Waals surface area contributed by atoms with Gasteiger partial charge in [0.05, 0.1) is 5.56 Å². The summed E-state index contributed by atoms with van der Waals surface area (Å²) in [7, 11) is 0. The molecule has 0 spiro atoms. The highest BCUT2D eigenvalue weighted by Crippen LogP contribution is 2.16. The number of amides is 2. The molecule has 2 amide bonds. The first-order chi connectivity index (χ1) is 10.0. The number of hydrogen-bond donors (Lipinski definition) is 3. The van der Waals surface area contributed by atoms with Gasteiger partial charge in [0.25, 0.3) is 0 Å². The summed E-state index contributed by atoms with van der Waals surface area (Å²) < 4.78 is 0. The molecule has 6 nitrogen and oxygen atoms in total. The van der Waals surface area contributed by atoms with Crippen molar-refractivity contribution in [2.45, 2.75) is 40.7 Å². The van der Waals surface area contributed by atoms with Crippen LogP contribution in [0.4, 0.5) is 5.69 Å². The molecule has 0 fully saturated rings. The van der Waals surface area contributed by atoms with Crippen LogP contribution in [0.1, 0.15) is 43.6 Å². The topological polar surface area (TPSA) is 95.5 Å². The van der Waals surface area contributed by atoms with E-state index in [4.69, 9.17) is 5.11 Å². The van der Waals surface area contributed by atoms with Crippen molar-refractivity contribution in [1.82, 2.24) is 5.32 Å². The van der Waals surface area contributed by atoms with Gasteiger partial charge < -0.3 is 15.7 Å². The zero-order valence-corrected chi connectivity index (χ0v) is 13.5. The van der Waals surface area contributed by atoms with Gasteiger partial charge in [0.2, 0.25) is 11.8 Å². The van der Waals surface area contributed by atoms with Crippen LogP contribution >= 0.6 is 0 Å². The van der Waals surface area contributed by atoms with Crippen molar-refractivity contribution >= 4 is 23.5 Å². The third-order valence-corrected chi connectivity index (χ3v) is 3.15. The van der Waals surface area contributed by atoms with E-state index in [0.717, 1.165) is 0 Å². The van der Waals surface area contributed by atoms with E-state index in [9.17, 15) is 14.4 Å². The molecule has 1 aromatic carbocycles. The molecule has 0 aromatic heterocycles. The van der Waals surface area contributed by atoms with E-state index in [-0.39, 0.29) is 17.4 Å². The number of carbonyl (C=O) groups excluding carboxylic acids is 2. The lowest BCUT2D eigenvalue weighted by molar-refractivity contribution is -0.131. The molecule has 1 rings (SSSR count). The van der Waals surface area contributed by atoms with Gasteiger partial charge in [-0.3, -0.25) is 9.59 Å². The van der Waals surface area contributed by atoms with Crippen LogP contribution in [-0.2, 0) is 9.59 Å². The minimum atomic E-state index is -1.01. The predicted octanol–water partition coefficient (Wildman–Crippen LogP) is 2.18. The minimum Gasteiger partial charge on any atom is -0.478 e. The highest BCUT2D eigenvalue weighted by molar-refractivity contribution is 5.98. The molecule has 0 aliphatic carbocycles. The van der Waals surface area contributed by atoms with E-state index >= 15 is 0 Å². The summed E-state index contributed by atoms with van der Waals surface area (Å²) in [6.07, 6.45) is 0. The molecule has 1 aromatic rings. The third-order valence-electron chi connectivity index (χ3n) is 3.15. The van der Waals surface area contributed by atoms with E-state index in [0.29, 0.717) is 11.3 Å². The van der Waals surface area contributed by atoms with Crippen molar-refractivity contribution < 1.29 is 19.5 Å². The number of carboxylic acid groups (broad SMARTS) is 1. The van der Waals surface area contributed by atoms with Gasteiger partial charge in [-0.1, -0.05) is 20.8 Å². The van der Waals surface area contributed by atoms with Crippen molar-refractivity contribution in [2.75, 3.05) is 5.32 Å². The number of benzene rings is 1. The van der Waals surface area contributed by atoms with Crippen LogP contribution in [-0.4, -0.2) is 28.9 Å². The Morgan fingerprint density at radius 3 is 2.23 bits per heavy atom. The largest absolute Gasteiger partial charge is 0.478 e. The molecule has 0 heterocycles. The molecule has 0 saturated carbocycles. The average Bonchev–Trinajstić information content (AvgIpc) is 2.36. The van der Waals surface area contributed by atoms with E-state index in [1.807, 2.05) is 0 Å². The molecule has 0 aliphatic heterocycles. The number of nitrogens with one attached hydrogen (secondary N) is 2. The maximum Gasteiger partial charge on any atom is 0.335 e. The molecule has 3 N–H and O–H groups in total. The Bertz CT molecular complexity index is 603. The Balaban J connectivity index is 2.75. The lowest BCUT2D eigenvalue weighted by atomic mass is 9.95. The predicted molar refractivity (Wildman–Crippen MR) is 83.8 cm³/mol. The lowest BCUT2D eigenvalue weighted by Gasteiger charge is -2.21. The van der Waals surface area contributed by atoms with Gasteiger partial charge in [0.1, 0.15) is 6.04 Å². The van der Waals surface area contributed by atoms with Crippen LogP contribution < -0.4 is 10.6 Å². The number of hydrogen-bond acceptors (Lipinski definition) is 3. The summed E-state index contributed by atoms with van der Waals surface area (Å²) in [5, 5.41) is 14.3. The lowest BCUT2D eigenvalue weighted by Crippen LogP contribution is -2.46. The Hall–Kier alpha value is -2.37. The summed E-state index contributed by atoms with van der Waals surface area (Å²) in [6.45, 7) is 8.55. The molecule has 1 atom stereocenters. The second-order valence-electron chi connectivity index (χ2n) is 6.27. The van der Waals surface area contributed by atoms with Crippen LogP contribution in [0.15, 0.2) is 18.2 Å². The van der Waals surface area contributed by atoms with Crippen molar-refractivity contribution in [3.8, 4) is 0 Å². The van der Waals surface area contributed by atoms with Gasteiger partial charge >= 0.3 is 5.97 Å². The number of anilines is 1. The minimum absolute atomic E-state index is 0.187. The van der Waals surface area contributed by atoms with Gasteiger partial charge in [-0.15, -0.1) is 0 Å². The van der Waals surface area contributed by atoms with Gasteiger partial charge in [0.15, 0.2) is 0 Å². The first-order valence-corrected chi connectivity index (χ1v) is 6.98. The summed E-state index contributed by atoms with van der Waals surface area (Å²) in [5.41, 5.74) is 0.655. The molecular formula is C16H22N2O4. The summed E-state index contributed by atoms with van der Waals surface area (Å²) >= 11 is 0. The number of carbonyl (C=O) groups is 3. The van der Waals surface area contributed by atoms with E-state index in [1.54, 1.807) is 40.7 Å². The fourth-order valence-corrected chi connectivity index (χ4v) is 1.71. The van der Waals surface area contributed by atoms with E-state index in [1.165, 1.54) is 12.1 Å². The highest BCUT2D eigenvalue weighted by atomic mass is 16.4. The second-order valence-corrected chi connectivity index (χ2v) is 6.27. The maximum atomic E-state index is 12.1. The van der Waals surface area contributed by atoms with Crippen molar-refractivity contribution in [3.63, 3.8) is 0 Å². The molecule has 0 saturated heterocycles. The smallest absolute Gasteiger partial charge is 0.335 e. The average molecular weight is 306 g/mol. The molecule has 6 heteroatoms. The zero-order chi connectivity index (χ0) is 17.1. The van der Waals surface area contributed by atoms with Crippen LogP contribution in [0.2, 0.25) is 0 Å². The Morgan fingerprint density at radius 2 is 1.77 bits per heavy atom. The molecule has 0 aliphatic rings. The van der Waals surface area contributed by atoms with E-state index < -0.39 is 17.4 Å². The molecule has 120 valence electrons. The Labute approximate surface area is 129 Å². The zero-order valence-electron chi connectivity index (χ0n) is 13.5. The molecule has 22 heavy (non-hydrogen) atoms. The number of aromatic carboxylic acids is 1. The van der Waals surface area contributed by atoms with Crippen LogP contribution in [0, 0.1) is 12.3 Å². The van der Waals surface area contributed by atoms with Gasteiger partial charge in [-0.2, -0.15) is 0 Å². The van der Waals surface area contributed by atoms with Crippen LogP contribution in [0.25, 0.3) is 0 Å². The standard InChI is InChI=1S/C16H22N2O4/c1-9-8-11(6-7-12(9)14(20)21)18-13(19)10(2)17-15(22)16(3,4)5/h6-8,10H,1-5H3,(H,17,22)(H,18,19)(H,20,21). The maximum absolute atomic E-state index is 12.1. The highest BCUT2D eigenvalue weighted by Gasteiger charge is 2.25. The first-order valence-electron chi connectivity index (χ1n) is 6.98. The van der Waals surface area contributed by atoms with Gasteiger partial charge in [-0.25, -0.2) is 4.79 Å². The first kappa shape index (κ1) is 17.7. The summed E-state index contributed by atoms with van der Waals surface area (Å²) in [5.74, 6) is -1.59. The quantitative estimate of drug-likeness (QED) is 0.794. The Kier molecular flexibility index (Phi) is 5.30. The number of rotatable bonds is 4. The van der Waals surface area contributed by atoms with Crippen LogP contribution in [0.3, 0.4) is 0 Å². The number of aryl methyl sites for hydroxylation is 1. The molecule has 0 bridgehead atoms. The van der Waals surface area contributed by atoms with Crippen molar-refractivity contribution in [3.05, 3.63) is 29.3 Å². The third kappa shape index (κ3) is 4.58. The normalized spacial score (nSPS) is 12.4. The molecule has 1 unspecified atom stereocenters. The monoisotopic (exact) mass is 306 g/mol. The van der Waals surface area contributed by atoms with E-state index in [2.05, 4.69) is 10.6 Å². The fourth-order valence-electron chi connectivity index (χ4n) is 1.71. The summed E-state index contributed by atoms with van der Waals surface area (Å²) in [4.78, 5) is 34.9. The molecular weight excluding hydrogens is 284 g/mol. The van der Waals surface area contributed by atoms with Crippen molar-refractivity contribution in [1.29, 1.82) is 0 Å². The summed E-state index contributed by atoms with van der Waals surface area (Å²) in [6, 6.07) is 3.85. The second kappa shape index (κ2) is 6.60. The Morgan fingerprint density at radius 1 is 1.18 bits per heavy atom. The fraction of sp³-hybridized carbons (Fsp3) is 0.438. The van der Waals surface area contributed by atoms with Crippen molar-refractivity contribution in [2.24, 2.45) is 5.41 Å². The van der Waals surface area contributed by atoms with Gasteiger partial charge in [0, 0.05) is 11.1 Å². The SMILES string of the molecule is Cc1cc(NC(=O)C(C)NC(=O)C(C)(C)C)ccc1C(=O)O.